The summed E-state index contributed by atoms with van der Waals surface area (Å²) < 4.78 is 1.35. The fraction of sp³-hybridized carbons (Fsp3) is 0.562. The Labute approximate surface area is 193 Å². The standard InChI is InChI=1S/C9H15BrNO.C7H4I2O3.Cu/c10-7-3-4-8(12)9-6(7)2-1-5-11-9;8-3-1-4(7(11)12)6(10)5(9)2-3;/h6-9,12H,1-5H2;1-2,10H,(H,11,12);/q-1;;+1. The van der Waals surface area contributed by atoms with Crippen LogP contribution in [-0.4, -0.2) is 44.8 Å². The summed E-state index contributed by atoms with van der Waals surface area (Å²) in [6, 6.07) is 3.38. The number of fused-ring (bicyclic) bond motifs is 1. The van der Waals surface area contributed by atoms with E-state index < -0.39 is 5.97 Å². The van der Waals surface area contributed by atoms with Crippen molar-refractivity contribution in [3.63, 3.8) is 0 Å². The van der Waals surface area contributed by atoms with Crippen LogP contribution >= 0.6 is 61.1 Å². The fourth-order valence-corrected chi connectivity index (χ4v) is 5.81. The van der Waals surface area contributed by atoms with Gasteiger partial charge in [-0.05, 0) is 76.1 Å². The van der Waals surface area contributed by atoms with Gasteiger partial charge in [-0.3, -0.25) is 0 Å². The third kappa shape index (κ3) is 6.46. The number of carboxylic acids is 1. The number of carboxylic acid groups (broad SMARTS) is 1. The van der Waals surface area contributed by atoms with Gasteiger partial charge in [-0.2, -0.15) is 0 Å². The Hall–Kier alpha value is 0.869. The first-order valence-corrected chi connectivity index (χ1v) is 10.8. The van der Waals surface area contributed by atoms with Gasteiger partial charge in [-0.25, -0.2) is 4.79 Å². The molecule has 1 aromatic rings. The molecule has 5 nitrogen and oxygen atoms in total. The SMILES string of the molecule is O=C(O)c1cc(I)cc(I)c1O.OC1CCC(Br)C2CCC[N-]C12.[Cu+]. The smallest absolute Gasteiger partial charge is 0.657 e. The average molecular weight is 687 g/mol. The molecule has 3 N–H and O–H groups in total. The van der Waals surface area contributed by atoms with Gasteiger partial charge in [0.25, 0.3) is 0 Å². The molecule has 0 aromatic heterocycles. The third-order valence-electron chi connectivity index (χ3n) is 4.33. The summed E-state index contributed by atoms with van der Waals surface area (Å²) in [5, 5.41) is 32.2. The molecule has 1 saturated heterocycles. The van der Waals surface area contributed by atoms with E-state index in [2.05, 4.69) is 21.2 Å². The maximum Gasteiger partial charge on any atom is 1.00 e. The van der Waals surface area contributed by atoms with Crippen LogP contribution in [0.3, 0.4) is 0 Å². The van der Waals surface area contributed by atoms with Gasteiger partial charge in [-0.1, -0.05) is 28.8 Å². The van der Waals surface area contributed by atoms with Crippen LogP contribution < -0.4 is 0 Å². The van der Waals surface area contributed by atoms with E-state index in [9.17, 15) is 15.0 Å². The molecule has 1 saturated carbocycles. The number of hydrogen-bond donors (Lipinski definition) is 3. The number of rotatable bonds is 1. The molecule has 1 aromatic carbocycles. The van der Waals surface area contributed by atoms with Crippen LogP contribution in [0.15, 0.2) is 12.1 Å². The molecule has 2 fully saturated rings. The largest absolute Gasteiger partial charge is 1.00 e. The summed E-state index contributed by atoms with van der Waals surface area (Å²) in [6.45, 7) is 0.956. The van der Waals surface area contributed by atoms with Crippen LogP contribution in [0.4, 0.5) is 0 Å². The van der Waals surface area contributed by atoms with E-state index in [0.717, 1.165) is 23.0 Å². The Kier molecular flexibility index (Phi) is 10.5. The molecule has 4 atom stereocenters. The molecule has 0 radical (unpaired) electrons. The summed E-state index contributed by atoms with van der Waals surface area (Å²) in [6.07, 6.45) is 4.30. The number of nitrogens with zero attached hydrogens (tertiary/aromatic N) is 1. The van der Waals surface area contributed by atoms with Crippen molar-refractivity contribution in [3.8, 4) is 5.75 Å². The fourth-order valence-electron chi connectivity index (χ4n) is 3.12. The molecule has 2 aliphatic rings. The summed E-state index contributed by atoms with van der Waals surface area (Å²) >= 11 is 7.58. The van der Waals surface area contributed by atoms with Crippen LogP contribution in [0.5, 0.6) is 5.75 Å². The van der Waals surface area contributed by atoms with Gasteiger partial charge >= 0.3 is 23.0 Å². The molecular formula is C16H19BrCuI2NO4. The zero-order chi connectivity index (χ0) is 17.9. The molecule has 3 rings (SSSR count). The first-order valence-electron chi connectivity index (χ1n) is 7.71. The first kappa shape index (κ1) is 23.9. The maximum absolute atomic E-state index is 10.6. The number of halogens is 3. The van der Waals surface area contributed by atoms with Crippen LogP contribution in [0.25, 0.3) is 5.32 Å². The topological polar surface area (TPSA) is 91.9 Å². The molecule has 1 aliphatic heterocycles. The molecule has 1 aliphatic carbocycles. The number of benzene rings is 1. The zero-order valence-corrected chi connectivity index (χ0v) is 20.0. The Morgan fingerprint density at radius 1 is 1.24 bits per heavy atom. The number of phenols is 1. The van der Waals surface area contributed by atoms with Gasteiger partial charge in [0.1, 0.15) is 11.3 Å². The van der Waals surface area contributed by atoms with Crippen molar-refractivity contribution in [2.24, 2.45) is 5.92 Å². The molecule has 144 valence electrons. The molecular weight excluding hydrogens is 667 g/mol. The second kappa shape index (κ2) is 11.0. The Morgan fingerprint density at radius 2 is 1.92 bits per heavy atom. The maximum atomic E-state index is 10.6. The third-order valence-corrected chi connectivity index (χ3v) is 6.91. The summed E-state index contributed by atoms with van der Waals surface area (Å²) in [7, 11) is 0. The van der Waals surface area contributed by atoms with Crippen molar-refractivity contribution in [2.75, 3.05) is 6.54 Å². The van der Waals surface area contributed by atoms with Crippen LogP contribution in [0, 0.1) is 13.1 Å². The predicted molar refractivity (Wildman–Crippen MR) is 113 cm³/mol. The minimum atomic E-state index is -1.11. The van der Waals surface area contributed by atoms with E-state index in [1.807, 2.05) is 45.2 Å². The summed E-state index contributed by atoms with van der Waals surface area (Å²) in [5.41, 5.74) is -0.0497. The molecule has 0 spiro atoms. The molecule has 9 heteroatoms. The van der Waals surface area contributed by atoms with E-state index in [1.54, 1.807) is 6.07 Å². The average Bonchev–Trinajstić information content (AvgIpc) is 2.55. The van der Waals surface area contributed by atoms with Crippen molar-refractivity contribution in [2.45, 2.75) is 42.7 Å². The van der Waals surface area contributed by atoms with E-state index in [4.69, 9.17) is 5.11 Å². The Balaban J connectivity index is 0.000000240. The van der Waals surface area contributed by atoms with Gasteiger partial charge in [0.05, 0.1) is 3.57 Å². The quantitative estimate of drug-likeness (QED) is 0.233. The molecule has 25 heavy (non-hydrogen) atoms. The molecule has 0 bridgehead atoms. The van der Waals surface area contributed by atoms with Crippen LogP contribution in [0.2, 0.25) is 0 Å². The van der Waals surface area contributed by atoms with E-state index in [1.165, 1.54) is 18.9 Å². The van der Waals surface area contributed by atoms with Crippen molar-refractivity contribution in [1.29, 1.82) is 0 Å². The van der Waals surface area contributed by atoms with E-state index >= 15 is 0 Å². The van der Waals surface area contributed by atoms with E-state index in [-0.39, 0.29) is 40.5 Å². The second-order valence-corrected chi connectivity index (χ2v) is 9.54. The predicted octanol–water partition coefficient (Wildman–Crippen LogP) is 4.35. The molecule has 1 heterocycles. The van der Waals surface area contributed by atoms with Crippen molar-refractivity contribution >= 4 is 67.1 Å². The minimum absolute atomic E-state index is 0. The molecule has 4 unspecified atom stereocenters. The van der Waals surface area contributed by atoms with Gasteiger partial charge in [-0.15, -0.1) is 12.6 Å². The summed E-state index contributed by atoms with van der Waals surface area (Å²) in [4.78, 5) is 11.2. The molecule has 0 amide bonds. The monoisotopic (exact) mass is 685 g/mol. The van der Waals surface area contributed by atoms with Crippen molar-refractivity contribution < 1.29 is 37.2 Å². The van der Waals surface area contributed by atoms with Gasteiger partial charge in [0, 0.05) is 14.5 Å². The van der Waals surface area contributed by atoms with E-state index in [0.29, 0.717) is 14.3 Å². The van der Waals surface area contributed by atoms with Gasteiger partial charge < -0.3 is 20.6 Å². The number of aromatic carboxylic acids is 1. The van der Waals surface area contributed by atoms with Crippen molar-refractivity contribution in [1.82, 2.24) is 0 Å². The van der Waals surface area contributed by atoms with Crippen molar-refractivity contribution in [3.05, 3.63) is 30.2 Å². The number of hydrogen-bond acceptors (Lipinski definition) is 3. The Morgan fingerprint density at radius 3 is 2.52 bits per heavy atom. The normalized spacial score (nSPS) is 28.0. The second-order valence-electron chi connectivity index (χ2n) is 5.95. The van der Waals surface area contributed by atoms with Crippen LogP contribution in [0.1, 0.15) is 36.0 Å². The minimum Gasteiger partial charge on any atom is -0.657 e. The first-order chi connectivity index (χ1) is 11.3. The zero-order valence-electron chi connectivity index (χ0n) is 13.1. The summed E-state index contributed by atoms with van der Waals surface area (Å²) in [5.74, 6) is -0.671. The Bertz CT molecular complexity index is 590. The van der Waals surface area contributed by atoms with Gasteiger partial charge in [0.2, 0.25) is 0 Å². The number of aliphatic hydroxyl groups excluding tert-OH is 1. The number of aromatic hydroxyl groups is 1. The number of aliphatic hydroxyl groups is 1. The number of carbonyl (C=O) groups is 1. The number of piperidine rings is 1. The van der Waals surface area contributed by atoms with Crippen LogP contribution in [-0.2, 0) is 17.1 Å². The van der Waals surface area contributed by atoms with Gasteiger partial charge in [0.15, 0.2) is 0 Å². The number of alkyl halides is 1.